The molecule has 4 aromatic rings. The zero-order valence-corrected chi connectivity index (χ0v) is 34.3. The number of aldehydes is 1. The second kappa shape index (κ2) is 22.7. The summed E-state index contributed by atoms with van der Waals surface area (Å²) in [6, 6.07) is 17.4. The van der Waals surface area contributed by atoms with Gasteiger partial charge < -0.3 is 47.7 Å². The molecule has 0 bridgehead atoms. The minimum Gasteiger partial charge on any atom is -0.497 e. The third-order valence-electron chi connectivity index (χ3n) is 6.84. The van der Waals surface area contributed by atoms with Gasteiger partial charge in [-0.3, -0.25) is 18.7 Å². The van der Waals surface area contributed by atoms with Crippen LogP contribution in [0.1, 0.15) is 66.7 Å². The van der Waals surface area contributed by atoms with Gasteiger partial charge in [0, 0.05) is 26.9 Å². The Morgan fingerprint density at radius 1 is 0.768 bits per heavy atom. The van der Waals surface area contributed by atoms with E-state index < -0.39 is 52.4 Å². The second-order valence-corrected chi connectivity index (χ2v) is 14.1. The molecule has 19 heteroatoms. The fraction of sp³-hybridized carbons (Fsp3) is 0.297. The average molecular weight is 820 g/mol. The molecule has 17 nitrogen and oxygen atoms in total. The number of benzene rings is 3. The first kappa shape index (κ1) is 47.4. The highest BCUT2D eigenvalue weighted by molar-refractivity contribution is 7.46. The molecule has 0 aliphatic rings. The lowest BCUT2D eigenvalue weighted by molar-refractivity contribution is 0.0676. The molecule has 56 heavy (non-hydrogen) atoms. The number of ether oxygens (including phenoxy) is 3. The van der Waals surface area contributed by atoms with Crippen LogP contribution in [0, 0.1) is 0 Å². The molecule has 0 fully saturated rings. The number of amides is 1. The normalized spacial score (nSPS) is 11.3. The molecule has 0 aliphatic heterocycles. The average Bonchev–Trinajstić information content (AvgIpc) is 3.47. The number of phosphoric acid groups is 1. The standard InChI is InChI=1S/C32H32N2O14P2.C3H9N.C2H6/c1-33(2)30(36)27-29(48-32(38)23-9-5-20(6-10-23)18-45-49(39)44-4)28(26(17-35)34(27)24-13-15-25(43-3)16-14-24)47-31(37)22-11-7-21(8-12-22)19-46-50(40,41)42;1-4(2)3;1-2/h5-17,39H,18-19H2,1-4H3,(H2,40,41,42);1-3H3;1-2H3. The van der Waals surface area contributed by atoms with Gasteiger partial charge in [-0.15, -0.1) is 0 Å². The van der Waals surface area contributed by atoms with E-state index in [1.807, 2.05) is 39.9 Å². The van der Waals surface area contributed by atoms with Crippen LogP contribution < -0.4 is 14.2 Å². The summed E-state index contributed by atoms with van der Waals surface area (Å²) in [5, 5.41) is 0. The number of esters is 2. The predicted molar refractivity (Wildman–Crippen MR) is 207 cm³/mol. The van der Waals surface area contributed by atoms with Crippen molar-refractivity contribution >= 4 is 40.6 Å². The van der Waals surface area contributed by atoms with Crippen molar-refractivity contribution in [2.24, 2.45) is 0 Å². The number of rotatable bonds is 15. The lowest BCUT2D eigenvalue weighted by atomic mass is 10.1. The van der Waals surface area contributed by atoms with E-state index in [1.54, 1.807) is 12.1 Å². The number of hydrogen-bond donors (Lipinski definition) is 3. The summed E-state index contributed by atoms with van der Waals surface area (Å²) in [6.07, 6.45) is 0.337. The van der Waals surface area contributed by atoms with Gasteiger partial charge in [-0.25, -0.2) is 14.2 Å². The Bertz CT molecular complexity index is 1940. The molecule has 0 saturated carbocycles. The SMILES string of the molecule is CC.CN(C)C.COc1ccc(-n2c(C=O)c(OC(=O)c3ccc(COP(=O)(O)O)cc3)c(OC(=O)c3ccc(COP(O)OC)cc3)c2C(=O)N(C)C)cc1. The fourth-order valence-corrected chi connectivity index (χ4v) is 5.05. The van der Waals surface area contributed by atoms with Crippen LogP contribution in [-0.4, -0.2) is 103 Å². The molecular weight excluding hydrogens is 772 g/mol. The Labute approximate surface area is 326 Å². The topological polar surface area (TPSA) is 213 Å². The smallest absolute Gasteiger partial charge is 0.469 e. The number of hydrogen-bond acceptors (Lipinski definition) is 13. The molecule has 1 heterocycles. The molecule has 304 valence electrons. The van der Waals surface area contributed by atoms with Crippen molar-refractivity contribution in [2.75, 3.05) is 49.5 Å². The van der Waals surface area contributed by atoms with Crippen molar-refractivity contribution in [1.82, 2.24) is 14.4 Å². The van der Waals surface area contributed by atoms with Crippen molar-refractivity contribution in [1.29, 1.82) is 0 Å². The van der Waals surface area contributed by atoms with Gasteiger partial charge in [-0.1, -0.05) is 38.1 Å². The number of carbonyl (C=O) groups excluding carboxylic acids is 4. The van der Waals surface area contributed by atoms with Gasteiger partial charge in [0.05, 0.1) is 31.5 Å². The van der Waals surface area contributed by atoms with Gasteiger partial charge in [-0.05, 0) is 80.8 Å². The summed E-state index contributed by atoms with van der Waals surface area (Å²) in [7, 11) is 4.80. The zero-order valence-electron chi connectivity index (χ0n) is 32.5. The molecule has 0 aliphatic carbocycles. The highest BCUT2D eigenvalue weighted by Crippen LogP contribution is 2.42. The Balaban J connectivity index is 0.00000169. The van der Waals surface area contributed by atoms with Gasteiger partial charge in [0.25, 0.3) is 5.91 Å². The Morgan fingerprint density at radius 2 is 1.23 bits per heavy atom. The zero-order chi connectivity index (χ0) is 42.2. The maximum Gasteiger partial charge on any atom is 0.469 e. The van der Waals surface area contributed by atoms with Crippen LogP contribution in [-0.2, 0) is 31.4 Å². The summed E-state index contributed by atoms with van der Waals surface area (Å²) in [5.41, 5.74) is 0.479. The van der Waals surface area contributed by atoms with Crippen LogP contribution in [0.25, 0.3) is 5.69 Å². The summed E-state index contributed by atoms with van der Waals surface area (Å²) >= 11 is 0. The van der Waals surface area contributed by atoms with Crippen LogP contribution >= 0.6 is 16.4 Å². The molecule has 1 aromatic heterocycles. The van der Waals surface area contributed by atoms with Crippen LogP contribution in [0.4, 0.5) is 0 Å². The molecule has 3 N–H and O–H groups in total. The number of carbonyl (C=O) groups is 4. The van der Waals surface area contributed by atoms with Crippen LogP contribution in [0.15, 0.2) is 72.8 Å². The first-order valence-corrected chi connectivity index (χ1v) is 19.3. The van der Waals surface area contributed by atoms with Gasteiger partial charge in [0.1, 0.15) is 11.4 Å². The van der Waals surface area contributed by atoms with E-state index >= 15 is 0 Å². The highest BCUT2D eigenvalue weighted by atomic mass is 31.2. The van der Waals surface area contributed by atoms with Crippen molar-refractivity contribution in [3.63, 3.8) is 0 Å². The van der Waals surface area contributed by atoms with Gasteiger partial charge in [-0.2, -0.15) is 0 Å². The van der Waals surface area contributed by atoms with E-state index in [9.17, 15) is 28.6 Å². The fourth-order valence-electron chi connectivity index (χ4n) is 4.37. The third kappa shape index (κ3) is 14.0. The number of phosphoric ester groups is 1. The maximum absolute atomic E-state index is 13.7. The van der Waals surface area contributed by atoms with Gasteiger partial charge >= 0.3 is 28.4 Å². The highest BCUT2D eigenvalue weighted by Gasteiger charge is 2.35. The molecule has 4 rings (SSSR count). The lowest BCUT2D eigenvalue weighted by Crippen LogP contribution is -2.26. The van der Waals surface area contributed by atoms with Crippen molar-refractivity contribution in [2.45, 2.75) is 27.1 Å². The van der Waals surface area contributed by atoms with E-state index in [2.05, 4.69) is 4.52 Å². The Kier molecular flexibility index (Phi) is 19.2. The molecule has 3 aromatic carbocycles. The minimum atomic E-state index is -4.74. The molecule has 0 saturated heterocycles. The molecule has 1 atom stereocenters. The van der Waals surface area contributed by atoms with E-state index in [4.69, 9.17) is 33.0 Å². The van der Waals surface area contributed by atoms with Crippen molar-refractivity contribution in [3.05, 3.63) is 106 Å². The van der Waals surface area contributed by atoms with E-state index in [0.29, 0.717) is 23.2 Å². The van der Waals surface area contributed by atoms with Crippen LogP contribution in [0.3, 0.4) is 0 Å². The largest absolute Gasteiger partial charge is 0.497 e. The number of methoxy groups -OCH3 is 1. The minimum absolute atomic E-state index is 0.0158. The quantitative estimate of drug-likeness (QED) is 0.0753. The third-order valence-corrected chi connectivity index (χ3v) is 7.96. The van der Waals surface area contributed by atoms with Crippen LogP contribution in [0.5, 0.6) is 17.2 Å². The predicted octanol–water partition coefficient (Wildman–Crippen LogP) is 5.63. The maximum atomic E-state index is 13.7. The number of aromatic nitrogens is 1. The summed E-state index contributed by atoms with van der Waals surface area (Å²) in [6.45, 7) is 3.54. The Hall–Kier alpha value is -4.80. The molecule has 1 unspecified atom stereocenters. The summed E-state index contributed by atoms with van der Waals surface area (Å²) < 4.78 is 43.2. The van der Waals surface area contributed by atoms with Gasteiger partial charge in [0.15, 0.2) is 12.0 Å². The first-order chi connectivity index (χ1) is 26.5. The molecular formula is C37H47N3O14P2. The Morgan fingerprint density at radius 3 is 1.64 bits per heavy atom. The molecule has 1 amide bonds. The van der Waals surface area contributed by atoms with Gasteiger partial charge in [0.2, 0.25) is 11.5 Å². The summed E-state index contributed by atoms with van der Waals surface area (Å²) in [5.74, 6) is -3.29. The van der Waals surface area contributed by atoms with E-state index in [-0.39, 0.29) is 34.8 Å². The molecule has 0 radical (unpaired) electrons. The van der Waals surface area contributed by atoms with Crippen LogP contribution in [0.2, 0.25) is 0 Å². The molecule has 0 spiro atoms. The van der Waals surface area contributed by atoms with Crippen molar-refractivity contribution in [3.8, 4) is 22.9 Å². The van der Waals surface area contributed by atoms with Crippen molar-refractivity contribution < 1.29 is 66.2 Å². The second-order valence-electron chi connectivity index (χ2n) is 11.7. The summed E-state index contributed by atoms with van der Waals surface area (Å²) in [4.78, 5) is 84.0. The van der Waals surface area contributed by atoms with E-state index in [1.165, 1.54) is 98.4 Å². The lowest BCUT2D eigenvalue weighted by Gasteiger charge is -2.16. The number of nitrogens with zero attached hydrogens (tertiary/aromatic N) is 3. The first-order valence-electron chi connectivity index (χ1n) is 16.7. The van der Waals surface area contributed by atoms with E-state index in [0.717, 1.165) is 0 Å². The monoisotopic (exact) mass is 819 g/mol.